The molecule has 1 aromatic carbocycles. The van der Waals surface area contributed by atoms with Crippen molar-refractivity contribution >= 4 is 5.65 Å². The summed E-state index contributed by atoms with van der Waals surface area (Å²) < 4.78 is 15.0. The Bertz CT molecular complexity index is 720. The highest BCUT2D eigenvalue weighted by Gasteiger charge is 2.11. The fourth-order valence-corrected chi connectivity index (χ4v) is 2.42. The molecule has 0 amide bonds. The van der Waals surface area contributed by atoms with Gasteiger partial charge in [0.1, 0.15) is 5.82 Å². The Balaban J connectivity index is 1.74. The van der Waals surface area contributed by atoms with E-state index in [0.29, 0.717) is 6.54 Å². The molecule has 5 heteroatoms. The summed E-state index contributed by atoms with van der Waals surface area (Å²) in [5.41, 5.74) is 1.91. The molecular weight excluding hydrogens is 267 g/mol. The van der Waals surface area contributed by atoms with E-state index in [1.807, 2.05) is 40.9 Å². The van der Waals surface area contributed by atoms with E-state index in [2.05, 4.69) is 22.4 Å². The highest BCUT2D eigenvalue weighted by Crippen LogP contribution is 2.17. The minimum atomic E-state index is -0.211. The summed E-state index contributed by atoms with van der Waals surface area (Å²) in [4.78, 5) is 0. The van der Waals surface area contributed by atoms with Gasteiger partial charge < -0.3 is 5.32 Å². The van der Waals surface area contributed by atoms with Gasteiger partial charge in [-0.25, -0.2) is 4.39 Å². The first kappa shape index (κ1) is 13.7. The van der Waals surface area contributed by atoms with Crippen LogP contribution in [-0.2, 0) is 6.54 Å². The average Bonchev–Trinajstić information content (AvgIpc) is 2.93. The second-order valence-electron chi connectivity index (χ2n) is 4.94. The molecule has 2 aromatic heterocycles. The van der Waals surface area contributed by atoms with Crippen molar-refractivity contribution in [1.82, 2.24) is 19.9 Å². The monoisotopic (exact) mass is 284 g/mol. The van der Waals surface area contributed by atoms with Crippen LogP contribution in [0.25, 0.3) is 5.65 Å². The molecule has 3 aromatic rings. The van der Waals surface area contributed by atoms with Gasteiger partial charge in [-0.2, -0.15) is 0 Å². The molecule has 0 radical (unpaired) electrons. The van der Waals surface area contributed by atoms with Crippen molar-refractivity contribution in [2.24, 2.45) is 0 Å². The van der Waals surface area contributed by atoms with Gasteiger partial charge in [0.05, 0.1) is 6.54 Å². The van der Waals surface area contributed by atoms with E-state index in [9.17, 15) is 4.39 Å². The standard InChI is InChI=1S/C16H17FN4/c1-2-14(12-6-8-13(17)9-7-12)18-11-16-20-19-15-5-3-4-10-21(15)16/h3-10,14,18H,2,11H2,1H3. The third-order valence-corrected chi connectivity index (χ3v) is 3.57. The van der Waals surface area contributed by atoms with Crippen LogP contribution in [0.5, 0.6) is 0 Å². The molecule has 0 bridgehead atoms. The van der Waals surface area contributed by atoms with Gasteiger partial charge in [-0.1, -0.05) is 25.1 Å². The summed E-state index contributed by atoms with van der Waals surface area (Å²) in [6.07, 6.45) is 2.87. The maximum Gasteiger partial charge on any atom is 0.160 e. The number of nitrogens with one attached hydrogen (secondary N) is 1. The van der Waals surface area contributed by atoms with E-state index in [1.165, 1.54) is 12.1 Å². The third kappa shape index (κ3) is 2.92. The zero-order valence-electron chi connectivity index (χ0n) is 11.8. The largest absolute Gasteiger partial charge is 0.303 e. The number of halogens is 1. The predicted octanol–water partition coefficient (Wildman–Crippen LogP) is 3.11. The summed E-state index contributed by atoms with van der Waals surface area (Å²) in [5.74, 6) is 0.656. The molecule has 0 saturated carbocycles. The molecular formula is C16H17FN4. The first-order valence-electron chi connectivity index (χ1n) is 7.05. The quantitative estimate of drug-likeness (QED) is 0.782. The Morgan fingerprint density at radius 2 is 1.95 bits per heavy atom. The number of aromatic nitrogens is 3. The second kappa shape index (κ2) is 6.01. The Morgan fingerprint density at radius 3 is 2.71 bits per heavy atom. The van der Waals surface area contributed by atoms with Crippen LogP contribution in [0.1, 0.15) is 30.8 Å². The summed E-state index contributed by atoms with van der Waals surface area (Å²) in [6, 6.07) is 12.6. The van der Waals surface area contributed by atoms with Crippen LogP contribution in [-0.4, -0.2) is 14.6 Å². The number of rotatable bonds is 5. The van der Waals surface area contributed by atoms with Crippen molar-refractivity contribution in [3.05, 3.63) is 65.9 Å². The van der Waals surface area contributed by atoms with Gasteiger partial charge in [-0.15, -0.1) is 10.2 Å². The third-order valence-electron chi connectivity index (χ3n) is 3.57. The molecule has 108 valence electrons. The van der Waals surface area contributed by atoms with E-state index in [-0.39, 0.29) is 11.9 Å². The SMILES string of the molecule is CCC(NCc1nnc2ccccn12)c1ccc(F)cc1. The van der Waals surface area contributed by atoms with Crippen molar-refractivity contribution in [2.75, 3.05) is 0 Å². The Morgan fingerprint density at radius 1 is 1.14 bits per heavy atom. The number of nitrogens with zero attached hydrogens (tertiary/aromatic N) is 3. The molecule has 1 unspecified atom stereocenters. The van der Waals surface area contributed by atoms with Gasteiger partial charge in [0.15, 0.2) is 11.5 Å². The topological polar surface area (TPSA) is 42.2 Å². The van der Waals surface area contributed by atoms with Gasteiger partial charge in [0.2, 0.25) is 0 Å². The van der Waals surface area contributed by atoms with E-state index < -0.39 is 0 Å². The van der Waals surface area contributed by atoms with Crippen molar-refractivity contribution < 1.29 is 4.39 Å². The van der Waals surface area contributed by atoms with Gasteiger partial charge in [0.25, 0.3) is 0 Å². The molecule has 21 heavy (non-hydrogen) atoms. The molecule has 0 aliphatic carbocycles. The molecule has 4 nitrogen and oxygen atoms in total. The lowest BCUT2D eigenvalue weighted by Crippen LogP contribution is -2.21. The van der Waals surface area contributed by atoms with Crippen LogP contribution in [0.15, 0.2) is 48.7 Å². The van der Waals surface area contributed by atoms with Crippen molar-refractivity contribution in [3.63, 3.8) is 0 Å². The van der Waals surface area contributed by atoms with Crippen LogP contribution >= 0.6 is 0 Å². The van der Waals surface area contributed by atoms with Crippen LogP contribution in [0.2, 0.25) is 0 Å². The highest BCUT2D eigenvalue weighted by molar-refractivity contribution is 5.37. The van der Waals surface area contributed by atoms with E-state index >= 15 is 0 Å². The van der Waals surface area contributed by atoms with E-state index in [1.54, 1.807) is 0 Å². The number of fused-ring (bicyclic) bond motifs is 1. The lowest BCUT2D eigenvalue weighted by molar-refractivity contribution is 0.505. The highest BCUT2D eigenvalue weighted by atomic mass is 19.1. The fraction of sp³-hybridized carbons (Fsp3) is 0.250. The van der Waals surface area contributed by atoms with Crippen LogP contribution in [0.3, 0.4) is 0 Å². The predicted molar refractivity (Wildman–Crippen MR) is 79.3 cm³/mol. The molecule has 0 saturated heterocycles. The number of hydrogen-bond acceptors (Lipinski definition) is 3. The van der Waals surface area contributed by atoms with Crippen LogP contribution < -0.4 is 5.32 Å². The molecule has 1 N–H and O–H groups in total. The lowest BCUT2D eigenvalue weighted by Gasteiger charge is -2.16. The zero-order valence-corrected chi connectivity index (χ0v) is 11.8. The van der Waals surface area contributed by atoms with Crippen LogP contribution in [0.4, 0.5) is 4.39 Å². The van der Waals surface area contributed by atoms with Gasteiger partial charge in [0, 0.05) is 12.2 Å². The first-order chi connectivity index (χ1) is 10.3. The van der Waals surface area contributed by atoms with Gasteiger partial charge >= 0.3 is 0 Å². The Kier molecular flexibility index (Phi) is 3.92. The van der Waals surface area contributed by atoms with E-state index in [0.717, 1.165) is 23.5 Å². The molecule has 0 spiro atoms. The number of hydrogen-bond donors (Lipinski definition) is 1. The number of pyridine rings is 1. The summed E-state index contributed by atoms with van der Waals surface area (Å²) in [7, 11) is 0. The Labute approximate surface area is 122 Å². The maximum absolute atomic E-state index is 13.0. The van der Waals surface area contributed by atoms with E-state index in [4.69, 9.17) is 0 Å². The molecule has 1 atom stereocenters. The summed E-state index contributed by atoms with van der Waals surface area (Å²) in [5, 5.41) is 11.8. The zero-order chi connectivity index (χ0) is 14.7. The minimum Gasteiger partial charge on any atom is -0.303 e. The van der Waals surface area contributed by atoms with Crippen LogP contribution in [0, 0.1) is 5.82 Å². The van der Waals surface area contributed by atoms with Crippen molar-refractivity contribution in [3.8, 4) is 0 Å². The average molecular weight is 284 g/mol. The molecule has 0 fully saturated rings. The second-order valence-corrected chi connectivity index (χ2v) is 4.94. The molecule has 0 aliphatic rings. The lowest BCUT2D eigenvalue weighted by atomic mass is 10.0. The molecule has 0 aliphatic heterocycles. The molecule has 3 rings (SSSR count). The number of benzene rings is 1. The Hall–Kier alpha value is -2.27. The van der Waals surface area contributed by atoms with Crippen molar-refractivity contribution in [2.45, 2.75) is 25.9 Å². The molecule has 2 heterocycles. The smallest absolute Gasteiger partial charge is 0.160 e. The van der Waals surface area contributed by atoms with Crippen molar-refractivity contribution in [1.29, 1.82) is 0 Å². The van der Waals surface area contributed by atoms with Gasteiger partial charge in [-0.3, -0.25) is 4.40 Å². The maximum atomic E-state index is 13.0. The summed E-state index contributed by atoms with van der Waals surface area (Å²) >= 11 is 0. The minimum absolute atomic E-state index is 0.168. The first-order valence-corrected chi connectivity index (χ1v) is 7.05. The van der Waals surface area contributed by atoms with Gasteiger partial charge in [-0.05, 0) is 36.2 Å². The normalized spacial score (nSPS) is 12.7. The fourth-order valence-electron chi connectivity index (χ4n) is 2.42. The summed E-state index contributed by atoms with van der Waals surface area (Å²) in [6.45, 7) is 2.71.